The van der Waals surface area contributed by atoms with Gasteiger partial charge >= 0.3 is 0 Å². The maximum Gasteiger partial charge on any atom is 0.186 e. The lowest BCUT2D eigenvalue weighted by atomic mass is 10.1. The number of ketones is 1. The van der Waals surface area contributed by atoms with Crippen LogP contribution in [0.4, 0.5) is 0 Å². The molecule has 19 heavy (non-hydrogen) atoms. The van der Waals surface area contributed by atoms with Gasteiger partial charge in [-0.15, -0.1) is 0 Å². The summed E-state index contributed by atoms with van der Waals surface area (Å²) < 4.78 is 6.56. The minimum atomic E-state index is -0.0650. The van der Waals surface area contributed by atoms with Gasteiger partial charge in [0.2, 0.25) is 0 Å². The number of ether oxygens (including phenoxy) is 1. The number of hydrogen-bond acceptors (Lipinski definition) is 4. The molecule has 0 aromatic carbocycles. The second-order valence-corrected chi connectivity index (χ2v) is 4.42. The van der Waals surface area contributed by atoms with Crippen molar-refractivity contribution in [2.75, 3.05) is 13.7 Å². The number of aromatic nitrogens is 3. The molecule has 0 fully saturated rings. The van der Waals surface area contributed by atoms with E-state index in [1.807, 2.05) is 12.1 Å². The smallest absolute Gasteiger partial charge is 0.186 e. The Bertz CT molecular complexity index is 554. The fourth-order valence-corrected chi connectivity index (χ4v) is 2.00. The molecule has 0 bridgehead atoms. The van der Waals surface area contributed by atoms with Gasteiger partial charge in [-0.3, -0.25) is 14.5 Å². The van der Waals surface area contributed by atoms with E-state index in [-0.39, 0.29) is 12.2 Å². The number of pyridine rings is 1. The highest BCUT2D eigenvalue weighted by Crippen LogP contribution is 2.17. The summed E-state index contributed by atoms with van der Waals surface area (Å²) in [5.41, 5.74) is 1.33. The van der Waals surface area contributed by atoms with Crippen LogP contribution in [0.25, 0.3) is 0 Å². The first-order chi connectivity index (χ1) is 9.22. The number of hydrogen-bond donors (Lipinski definition) is 0. The molecule has 6 heteroatoms. The molecule has 2 heterocycles. The average Bonchev–Trinajstić information content (AvgIpc) is 2.78. The Morgan fingerprint density at radius 2 is 2.16 bits per heavy atom. The molecule has 0 saturated carbocycles. The summed E-state index contributed by atoms with van der Waals surface area (Å²) in [5.74, 6) is -0.0650. The van der Waals surface area contributed by atoms with Crippen molar-refractivity contribution in [2.45, 2.75) is 13.0 Å². The molecule has 2 aromatic rings. The molecule has 0 amide bonds. The monoisotopic (exact) mass is 279 g/mol. The molecule has 0 aliphatic heterocycles. The fraction of sp³-hybridized carbons (Fsp3) is 0.308. The first-order valence-electron chi connectivity index (χ1n) is 5.84. The molecule has 0 radical (unpaired) electrons. The van der Waals surface area contributed by atoms with Crippen LogP contribution in [0.2, 0.25) is 5.02 Å². The highest BCUT2D eigenvalue weighted by atomic mass is 35.5. The fourth-order valence-electron chi connectivity index (χ4n) is 1.76. The van der Waals surface area contributed by atoms with Gasteiger partial charge in [-0.05, 0) is 17.7 Å². The Balaban J connectivity index is 2.16. The van der Waals surface area contributed by atoms with Crippen LogP contribution < -0.4 is 0 Å². The number of nitrogens with zero attached hydrogens (tertiary/aromatic N) is 3. The third kappa shape index (κ3) is 3.39. The molecule has 100 valence electrons. The lowest BCUT2D eigenvalue weighted by Gasteiger charge is -2.06. The average molecular weight is 280 g/mol. The number of halogens is 1. The zero-order valence-electron chi connectivity index (χ0n) is 10.5. The standard InChI is InChI=1S/C13H14ClN3O2/c1-19-7-6-17-13(11(14)9-16-17)12(18)8-10-2-4-15-5-3-10/h2-5,9H,6-8H2,1H3. The van der Waals surface area contributed by atoms with Gasteiger partial charge < -0.3 is 4.74 Å². The van der Waals surface area contributed by atoms with E-state index in [9.17, 15) is 4.79 Å². The largest absolute Gasteiger partial charge is 0.383 e. The SMILES string of the molecule is COCCn1ncc(Cl)c1C(=O)Cc1ccncc1. The normalized spacial score (nSPS) is 10.6. The Morgan fingerprint density at radius 1 is 1.42 bits per heavy atom. The summed E-state index contributed by atoms with van der Waals surface area (Å²) in [5, 5.41) is 4.46. The Labute approximate surface area is 116 Å². The van der Waals surface area contributed by atoms with E-state index in [1.54, 1.807) is 24.2 Å². The van der Waals surface area contributed by atoms with Crippen molar-refractivity contribution in [1.82, 2.24) is 14.8 Å². The third-order valence-corrected chi connectivity index (χ3v) is 2.96. The van der Waals surface area contributed by atoms with Crippen LogP contribution >= 0.6 is 11.6 Å². The molecule has 0 N–H and O–H groups in total. The van der Waals surface area contributed by atoms with Crippen LogP contribution in [0.3, 0.4) is 0 Å². The van der Waals surface area contributed by atoms with Gasteiger partial charge in [0.15, 0.2) is 5.78 Å². The number of rotatable bonds is 6. The Morgan fingerprint density at radius 3 is 2.84 bits per heavy atom. The van der Waals surface area contributed by atoms with E-state index in [0.717, 1.165) is 5.56 Å². The van der Waals surface area contributed by atoms with Gasteiger partial charge in [0.1, 0.15) is 5.69 Å². The van der Waals surface area contributed by atoms with Crippen molar-refractivity contribution in [3.63, 3.8) is 0 Å². The molecule has 0 atom stereocenters. The van der Waals surface area contributed by atoms with Crippen LogP contribution in [0.15, 0.2) is 30.7 Å². The van der Waals surface area contributed by atoms with Crippen molar-refractivity contribution >= 4 is 17.4 Å². The van der Waals surface area contributed by atoms with E-state index in [2.05, 4.69) is 10.1 Å². The molecule has 0 aliphatic carbocycles. The van der Waals surface area contributed by atoms with E-state index < -0.39 is 0 Å². The summed E-state index contributed by atoms with van der Waals surface area (Å²) in [6, 6.07) is 3.61. The van der Waals surface area contributed by atoms with Crippen molar-refractivity contribution in [3.05, 3.63) is 47.0 Å². The molecule has 2 rings (SSSR count). The number of methoxy groups -OCH3 is 1. The van der Waals surface area contributed by atoms with E-state index in [1.165, 1.54) is 6.20 Å². The van der Waals surface area contributed by atoms with Crippen LogP contribution in [-0.4, -0.2) is 34.3 Å². The molecule has 0 aliphatic rings. The van der Waals surface area contributed by atoms with Gasteiger partial charge in [-0.1, -0.05) is 11.6 Å². The summed E-state index contributed by atoms with van der Waals surface area (Å²) in [7, 11) is 1.60. The molecule has 0 saturated heterocycles. The van der Waals surface area contributed by atoms with Crippen molar-refractivity contribution < 1.29 is 9.53 Å². The lowest BCUT2D eigenvalue weighted by molar-refractivity contribution is 0.0979. The van der Waals surface area contributed by atoms with Crippen LogP contribution in [0.5, 0.6) is 0 Å². The number of carbonyl (C=O) groups excluding carboxylic acids is 1. The second-order valence-electron chi connectivity index (χ2n) is 4.01. The molecule has 0 unspecified atom stereocenters. The molecule has 5 nitrogen and oxygen atoms in total. The van der Waals surface area contributed by atoms with E-state index >= 15 is 0 Å². The minimum Gasteiger partial charge on any atom is -0.383 e. The van der Waals surface area contributed by atoms with Gasteiger partial charge in [0, 0.05) is 25.9 Å². The topological polar surface area (TPSA) is 57.0 Å². The summed E-state index contributed by atoms with van der Waals surface area (Å²) in [6.45, 7) is 0.980. The van der Waals surface area contributed by atoms with Crippen LogP contribution in [0.1, 0.15) is 16.1 Å². The summed E-state index contributed by atoms with van der Waals surface area (Å²) in [6.07, 6.45) is 5.08. The van der Waals surface area contributed by atoms with Crippen molar-refractivity contribution in [2.24, 2.45) is 0 Å². The summed E-state index contributed by atoms with van der Waals surface area (Å²) >= 11 is 6.03. The minimum absolute atomic E-state index is 0.0650. The van der Waals surface area contributed by atoms with Gasteiger partial charge in [-0.25, -0.2) is 0 Å². The lowest BCUT2D eigenvalue weighted by Crippen LogP contribution is -2.15. The number of carbonyl (C=O) groups is 1. The van der Waals surface area contributed by atoms with Crippen molar-refractivity contribution in [3.8, 4) is 0 Å². The highest BCUT2D eigenvalue weighted by Gasteiger charge is 2.17. The maximum absolute atomic E-state index is 12.3. The number of Topliss-reactive ketones (excluding diaryl/α,β-unsaturated/α-hetero) is 1. The predicted octanol–water partition coefficient (Wildman–Crippen LogP) is 2.00. The first-order valence-corrected chi connectivity index (χ1v) is 6.22. The Hall–Kier alpha value is -1.72. The van der Waals surface area contributed by atoms with E-state index in [4.69, 9.17) is 16.3 Å². The molecular weight excluding hydrogens is 266 g/mol. The van der Waals surface area contributed by atoms with Gasteiger partial charge in [0.25, 0.3) is 0 Å². The third-order valence-electron chi connectivity index (χ3n) is 2.68. The molecular formula is C13H14ClN3O2. The van der Waals surface area contributed by atoms with Crippen molar-refractivity contribution in [1.29, 1.82) is 0 Å². The zero-order valence-corrected chi connectivity index (χ0v) is 11.3. The van der Waals surface area contributed by atoms with E-state index in [0.29, 0.717) is 23.9 Å². The quantitative estimate of drug-likeness (QED) is 0.759. The maximum atomic E-state index is 12.3. The van der Waals surface area contributed by atoms with Gasteiger partial charge in [0.05, 0.1) is 24.4 Å². The van der Waals surface area contributed by atoms with Crippen LogP contribution in [-0.2, 0) is 17.7 Å². The zero-order chi connectivity index (χ0) is 13.7. The highest BCUT2D eigenvalue weighted by molar-refractivity contribution is 6.33. The Kier molecular flexibility index (Phi) is 4.65. The van der Waals surface area contributed by atoms with Gasteiger partial charge in [-0.2, -0.15) is 5.10 Å². The predicted molar refractivity (Wildman–Crippen MR) is 71.4 cm³/mol. The van der Waals surface area contributed by atoms with Crippen LogP contribution in [0, 0.1) is 0 Å². The molecule has 0 spiro atoms. The first kappa shape index (κ1) is 13.7. The molecule has 2 aromatic heterocycles. The second kappa shape index (κ2) is 6.45. The summed E-state index contributed by atoms with van der Waals surface area (Å²) in [4.78, 5) is 16.2.